The van der Waals surface area contributed by atoms with E-state index < -0.39 is 0 Å². The van der Waals surface area contributed by atoms with E-state index >= 15 is 0 Å². The van der Waals surface area contributed by atoms with E-state index in [1.54, 1.807) is 0 Å². The highest BCUT2D eigenvalue weighted by molar-refractivity contribution is 7.99. The van der Waals surface area contributed by atoms with Gasteiger partial charge in [-0.25, -0.2) is 0 Å². The summed E-state index contributed by atoms with van der Waals surface area (Å²) >= 11 is 9.60. The summed E-state index contributed by atoms with van der Waals surface area (Å²) < 4.78 is 0. The average Bonchev–Trinajstić information content (AvgIpc) is 2.95. The Morgan fingerprint density at radius 1 is 1.26 bits per heavy atom. The van der Waals surface area contributed by atoms with Crippen LogP contribution < -0.4 is 5.32 Å². The lowest BCUT2D eigenvalue weighted by atomic mass is 10.2. The lowest BCUT2D eigenvalue weighted by Gasteiger charge is -2.16. The molecule has 0 bridgehead atoms. The second kappa shape index (κ2) is 7.95. The SMILES string of the molecule is CCCNC(CSc1ccc(Cl)cc1)c1cccs1. The first kappa shape index (κ1) is 14.9. The minimum atomic E-state index is 0.431. The highest BCUT2D eigenvalue weighted by Gasteiger charge is 2.12. The maximum absolute atomic E-state index is 5.90. The molecule has 1 atom stereocenters. The maximum Gasteiger partial charge on any atom is 0.0510 e. The quantitative estimate of drug-likeness (QED) is 0.702. The van der Waals surface area contributed by atoms with E-state index in [-0.39, 0.29) is 0 Å². The Morgan fingerprint density at radius 2 is 2.05 bits per heavy atom. The Kier molecular flexibility index (Phi) is 6.24. The van der Waals surface area contributed by atoms with Gasteiger partial charge in [-0.05, 0) is 48.7 Å². The molecule has 0 spiro atoms. The van der Waals surface area contributed by atoms with E-state index in [1.165, 1.54) is 9.77 Å². The number of hydrogen-bond acceptors (Lipinski definition) is 3. The third-order valence-corrected chi connectivity index (χ3v) is 5.10. The molecule has 1 heterocycles. The van der Waals surface area contributed by atoms with E-state index in [0.29, 0.717) is 6.04 Å². The first-order valence-corrected chi connectivity index (χ1v) is 8.69. The van der Waals surface area contributed by atoms with E-state index in [1.807, 2.05) is 35.2 Å². The molecule has 1 N–H and O–H groups in total. The molecular weight excluding hydrogens is 294 g/mol. The van der Waals surface area contributed by atoms with E-state index in [9.17, 15) is 0 Å². The Balaban J connectivity index is 1.94. The van der Waals surface area contributed by atoms with Gasteiger partial charge in [-0.3, -0.25) is 0 Å². The van der Waals surface area contributed by atoms with E-state index in [2.05, 4.69) is 41.9 Å². The van der Waals surface area contributed by atoms with Crippen molar-refractivity contribution in [2.24, 2.45) is 0 Å². The molecular formula is C15H18ClNS2. The summed E-state index contributed by atoms with van der Waals surface area (Å²) in [7, 11) is 0. The zero-order valence-corrected chi connectivity index (χ0v) is 13.3. The second-order valence-electron chi connectivity index (χ2n) is 4.29. The van der Waals surface area contributed by atoms with Gasteiger partial charge < -0.3 is 5.32 Å². The fourth-order valence-electron chi connectivity index (χ4n) is 1.76. The van der Waals surface area contributed by atoms with Crippen LogP contribution in [-0.2, 0) is 0 Å². The van der Waals surface area contributed by atoms with Gasteiger partial charge in [0.25, 0.3) is 0 Å². The number of nitrogens with one attached hydrogen (secondary N) is 1. The van der Waals surface area contributed by atoms with Crippen LogP contribution in [0.15, 0.2) is 46.7 Å². The van der Waals surface area contributed by atoms with Crippen LogP contribution in [0.5, 0.6) is 0 Å². The van der Waals surface area contributed by atoms with Crippen molar-refractivity contribution in [1.29, 1.82) is 0 Å². The summed E-state index contributed by atoms with van der Waals surface area (Å²) in [6.45, 7) is 3.26. The van der Waals surface area contributed by atoms with Gasteiger partial charge in [0.05, 0.1) is 6.04 Å². The van der Waals surface area contributed by atoms with Crippen LogP contribution in [0.4, 0.5) is 0 Å². The van der Waals surface area contributed by atoms with Crippen molar-refractivity contribution in [3.8, 4) is 0 Å². The molecule has 1 aromatic heterocycles. The molecule has 102 valence electrons. The lowest BCUT2D eigenvalue weighted by Crippen LogP contribution is -2.23. The van der Waals surface area contributed by atoms with Gasteiger partial charge in [0.2, 0.25) is 0 Å². The first-order valence-electron chi connectivity index (χ1n) is 6.44. The van der Waals surface area contributed by atoms with Gasteiger partial charge in [-0.2, -0.15) is 0 Å². The Labute approximate surface area is 128 Å². The second-order valence-corrected chi connectivity index (χ2v) is 6.80. The molecule has 0 amide bonds. The topological polar surface area (TPSA) is 12.0 Å². The number of benzene rings is 1. The third kappa shape index (κ3) is 4.84. The van der Waals surface area contributed by atoms with Crippen LogP contribution in [0, 0.1) is 0 Å². The van der Waals surface area contributed by atoms with Crippen LogP contribution >= 0.6 is 34.7 Å². The molecule has 2 rings (SSSR count). The number of hydrogen-bond donors (Lipinski definition) is 1. The van der Waals surface area contributed by atoms with Gasteiger partial charge >= 0.3 is 0 Å². The van der Waals surface area contributed by atoms with Crippen LogP contribution in [0.1, 0.15) is 24.3 Å². The number of halogens is 1. The first-order chi connectivity index (χ1) is 9.29. The molecule has 0 aliphatic rings. The van der Waals surface area contributed by atoms with Gasteiger partial charge in [-0.15, -0.1) is 23.1 Å². The standard InChI is InChI=1S/C15H18ClNS2/c1-2-9-17-14(15-4-3-10-18-15)11-19-13-7-5-12(16)6-8-13/h3-8,10,14,17H,2,9,11H2,1H3. The van der Waals surface area contributed by atoms with E-state index in [4.69, 9.17) is 11.6 Å². The van der Waals surface area contributed by atoms with Gasteiger partial charge in [-0.1, -0.05) is 24.6 Å². The molecule has 19 heavy (non-hydrogen) atoms. The van der Waals surface area contributed by atoms with E-state index in [0.717, 1.165) is 23.7 Å². The highest BCUT2D eigenvalue weighted by atomic mass is 35.5. The Hall–Kier alpha value is -0.480. The normalized spacial score (nSPS) is 12.5. The van der Waals surface area contributed by atoms with Crippen LogP contribution in [-0.4, -0.2) is 12.3 Å². The fraction of sp³-hybridized carbons (Fsp3) is 0.333. The predicted molar refractivity (Wildman–Crippen MR) is 87.5 cm³/mol. The smallest absolute Gasteiger partial charge is 0.0510 e. The summed E-state index contributed by atoms with van der Waals surface area (Å²) in [5.41, 5.74) is 0. The summed E-state index contributed by atoms with van der Waals surface area (Å²) in [6.07, 6.45) is 1.16. The average molecular weight is 312 g/mol. The summed E-state index contributed by atoms with van der Waals surface area (Å²) in [4.78, 5) is 2.68. The van der Waals surface area contributed by atoms with Gasteiger partial charge in [0.15, 0.2) is 0 Å². The molecule has 1 aromatic carbocycles. The maximum atomic E-state index is 5.90. The van der Waals surface area contributed by atoms with Gasteiger partial charge in [0, 0.05) is 20.5 Å². The van der Waals surface area contributed by atoms with Crippen molar-refractivity contribution in [2.45, 2.75) is 24.3 Å². The van der Waals surface area contributed by atoms with Crippen molar-refractivity contribution >= 4 is 34.7 Å². The monoisotopic (exact) mass is 311 g/mol. The van der Waals surface area contributed by atoms with Crippen molar-refractivity contribution in [1.82, 2.24) is 5.32 Å². The van der Waals surface area contributed by atoms with Crippen molar-refractivity contribution in [3.63, 3.8) is 0 Å². The zero-order chi connectivity index (χ0) is 13.5. The van der Waals surface area contributed by atoms with Crippen LogP contribution in [0.2, 0.25) is 5.02 Å². The number of rotatable bonds is 7. The van der Waals surface area contributed by atoms with Crippen molar-refractivity contribution in [3.05, 3.63) is 51.7 Å². The Bertz CT molecular complexity index is 467. The molecule has 0 radical (unpaired) electrons. The lowest BCUT2D eigenvalue weighted by molar-refractivity contribution is 0.585. The molecule has 0 fully saturated rings. The molecule has 0 aliphatic heterocycles. The molecule has 1 nitrogen and oxygen atoms in total. The highest BCUT2D eigenvalue weighted by Crippen LogP contribution is 2.28. The minimum Gasteiger partial charge on any atom is -0.309 e. The zero-order valence-electron chi connectivity index (χ0n) is 10.9. The van der Waals surface area contributed by atoms with Gasteiger partial charge in [0.1, 0.15) is 0 Å². The third-order valence-electron chi connectivity index (χ3n) is 2.76. The van der Waals surface area contributed by atoms with Crippen LogP contribution in [0.3, 0.4) is 0 Å². The molecule has 0 saturated heterocycles. The fourth-order valence-corrected chi connectivity index (χ4v) is 3.78. The van der Waals surface area contributed by atoms with Crippen LogP contribution in [0.25, 0.3) is 0 Å². The molecule has 0 saturated carbocycles. The molecule has 4 heteroatoms. The molecule has 2 aromatic rings. The largest absolute Gasteiger partial charge is 0.309 e. The van der Waals surface area contributed by atoms with Crippen molar-refractivity contribution < 1.29 is 0 Å². The number of thiophene rings is 1. The summed E-state index contributed by atoms with van der Waals surface area (Å²) in [5, 5.41) is 6.55. The molecule has 0 aliphatic carbocycles. The summed E-state index contributed by atoms with van der Waals surface area (Å²) in [5.74, 6) is 1.04. The summed E-state index contributed by atoms with van der Waals surface area (Å²) in [6, 6.07) is 12.8. The molecule has 1 unspecified atom stereocenters. The van der Waals surface area contributed by atoms with Crippen molar-refractivity contribution in [2.75, 3.05) is 12.3 Å². The predicted octanol–water partition coefficient (Wildman–Crippen LogP) is 5.23. The number of thioether (sulfide) groups is 1. The Morgan fingerprint density at radius 3 is 2.68 bits per heavy atom. The minimum absolute atomic E-state index is 0.431.